The van der Waals surface area contributed by atoms with Gasteiger partial charge in [0.2, 0.25) is 0 Å². The molecule has 0 radical (unpaired) electrons. The molecule has 2 aromatic heterocycles. The van der Waals surface area contributed by atoms with Crippen LogP contribution in [0.15, 0.2) is 42.0 Å². The van der Waals surface area contributed by atoms with Crippen molar-refractivity contribution in [2.45, 2.75) is 31.7 Å². The highest BCUT2D eigenvalue weighted by molar-refractivity contribution is 7.09. The predicted molar refractivity (Wildman–Crippen MR) is 84.0 cm³/mol. The molecule has 2 aromatic rings. The molecule has 1 saturated heterocycles. The molecule has 3 rings (SSSR count). The van der Waals surface area contributed by atoms with Gasteiger partial charge in [-0.25, -0.2) is 4.39 Å². The second-order valence-electron chi connectivity index (χ2n) is 5.48. The average Bonchev–Trinajstić information content (AvgIpc) is 3.11. The van der Waals surface area contributed by atoms with Crippen LogP contribution in [0.1, 0.15) is 16.9 Å². The summed E-state index contributed by atoms with van der Waals surface area (Å²) in [5.74, 6) is 0. The number of thiophene rings is 1. The number of halogens is 1. The van der Waals surface area contributed by atoms with E-state index in [1.54, 1.807) is 23.7 Å². The molecule has 112 valence electrons. The lowest BCUT2D eigenvalue weighted by atomic mass is 10.2. The van der Waals surface area contributed by atoms with E-state index in [4.69, 9.17) is 0 Å². The van der Waals surface area contributed by atoms with Crippen molar-refractivity contribution in [3.8, 4) is 0 Å². The Balaban J connectivity index is 1.50. The molecule has 0 aliphatic carbocycles. The number of hydrogen-bond donors (Lipinski definition) is 1. The van der Waals surface area contributed by atoms with Gasteiger partial charge in [0.15, 0.2) is 0 Å². The minimum absolute atomic E-state index is 0.281. The van der Waals surface area contributed by atoms with Crippen molar-refractivity contribution in [2.24, 2.45) is 0 Å². The van der Waals surface area contributed by atoms with Crippen LogP contribution in [0.3, 0.4) is 0 Å². The fourth-order valence-electron chi connectivity index (χ4n) is 2.81. The number of hydrogen-bond acceptors (Lipinski definition) is 4. The molecule has 1 fully saturated rings. The normalized spacial score (nSPS) is 22.7. The van der Waals surface area contributed by atoms with Crippen molar-refractivity contribution in [2.75, 3.05) is 13.1 Å². The van der Waals surface area contributed by atoms with E-state index < -0.39 is 6.17 Å². The monoisotopic (exact) mass is 305 g/mol. The molecule has 1 aliphatic heterocycles. The van der Waals surface area contributed by atoms with Gasteiger partial charge >= 0.3 is 0 Å². The van der Waals surface area contributed by atoms with Gasteiger partial charge < -0.3 is 5.32 Å². The van der Waals surface area contributed by atoms with Crippen LogP contribution in [0.5, 0.6) is 0 Å². The Morgan fingerprint density at radius 3 is 2.95 bits per heavy atom. The summed E-state index contributed by atoms with van der Waals surface area (Å²) in [5.41, 5.74) is 1.21. The van der Waals surface area contributed by atoms with E-state index in [1.807, 2.05) is 12.1 Å². The van der Waals surface area contributed by atoms with Gasteiger partial charge in [-0.2, -0.15) is 0 Å². The highest BCUT2D eigenvalue weighted by Gasteiger charge is 2.31. The zero-order valence-electron chi connectivity index (χ0n) is 11.9. The number of likely N-dealkylation sites (tertiary alicyclic amines) is 1. The Labute approximate surface area is 128 Å². The molecule has 0 unspecified atom stereocenters. The Morgan fingerprint density at radius 2 is 2.19 bits per heavy atom. The Morgan fingerprint density at radius 1 is 1.33 bits per heavy atom. The van der Waals surface area contributed by atoms with Crippen molar-refractivity contribution in [1.82, 2.24) is 15.2 Å². The van der Waals surface area contributed by atoms with Crippen LogP contribution in [-0.2, 0) is 13.1 Å². The minimum atomic E-state index is -0.697. The molecular weight excluding hydrogens is 285 g/mol. The zero-order chi connectivity index (χ0) is 14.5. The summed E-state index contributed by atoms with van der Waals surface area (Å²) in [6.45, 7) is 3.05. The Kier molecular flexibility index (Phi) is 4.95. The highest BCUT2D eigenvalue weighted by Crippen LogP contribution is 2.23. The topological polar surface area (TPSA) is 28.2 Å². The van der Waals surface area contributed by atoms with Gasteiger partial charge in [0.05, 0.1) is 0 Å². The van der Waals surface area contributed by atoms with Crippen LogP contribution in [0.4, 0.5) is 4.39 Å². The van der Waals surface area contributed by atoms with Gasteiger partial charge in [-0.1, -0.05) is 6.07 Å². The number of nitrogens with zero attached hydrogens (tertiary/aromatic N) is 2. The first-order chi connectivity index (χ1) is 10.3. The van der Waals surface area contributed by atoms with E-state index in [1.165, 1.54) is 10.4 Å². The Bertz CT molecular complexity index is 532. The largest absolute Gasteiger partial charge is 0.311 e. The van der Waals surface area contributed by atoms with Crippen molar-refractivity contribution in [3.63, 3.8) is 0 Å². The molecule has 2 atom stereocenters. The number of nitrogens with one attached hydrogen (secondary N) is 1. The van der Waals surface area contributed by atoms with Gasteiger partial charge in [0, 0.05) is 49.5 Å². The van der Waals surface area contributed by atoms with Crippen molar-refractivity contribution in [1.29, 1.82) is 0 Å². The van der Waals surface area contributed by atoms with Crippen LogP contribution in [-0.4, -0.2) is 35.2 Å². The lowest BCUT2D eigenvalue weighted by Gasteiger charge is -2.23. The van der Waals surface area contributed by atoms with E-state index in [0.717, 1.165) is 19.6 Å². The van der Waals surface area contributed by atoms with Crippen LogP contribution < -0.4 is 5.32 Å². The number of aromatic nitrogens is 1. The summed E-state index contributed by atoms with van der Waals surface area (Å²) in [7, 11) is 0. The average molecular weight is 305 g/mol. The molecule has 3 nitrogen and oxygen atoms in total. The standard InChI is InChI=1S/C16H20FN3S/c17-14-8-15(10-19-9-13-3-5-18-6-4-13)20(11-14)12-16-2-1-7-21-16/h1-7,14-15,19H,8-12H2/t14-,15-/m0/s1. The maximum absolute atomic E-state index is 13.7. The molecule has 5 heteroatoms. The van der Waals surface area contributed by atoms with Crippen molar-refractivity contribution in [3.05, 3.63) is 52.5 Å². The molecule has 1 N–H and O–H groups in total. The minimum Gasteiger partial charge on any atom is -0.311 e. The van der Waals surface area contributed by atoms with Crippen molar-refractivity contribution >= 4 is 11.3 Å². The summed E-state index contributed by atoms with van der Waals surface area (Å²) in [6, 6.07) is 8.47. The van der Waals surface area contributed by atoms with Crippen LogP contribution in [0.2, 0.25) is 0 Å². The second kappa shape index (κ2) is 7.11. The van der Waals surface area contributed by atoms with E-state index in [2.05, 4.69) is 32.7 Å². The molecule has 3 heterocycles. The molecule has 1 aliphatic rings. The summed E-state index contributed by atoms with van der Waals surface area (Å²) in [4.78, 5) is 7.58. The lowest BCUT2D eigenvalue weighted by Crippen LogP contribution is -2.37. The first kappa shape index (κ1) is 14.6. The molecule has 0 spiro atoms. The smallest absolute Gasteiger partial charge is 0.114 e. The Hall–Kier alpha value is -1.30. The zero-order valence-corrected chi connectivity index (χ0v) is 12.7. The summed E-state index contributed by atoms with van der Waals surface area (Å²) < 4.78 is 13.7. The first-order valence-electron chi connectivity index (χ1n) is 7.31. The van der Waals surface area contributed by atoms with Gasteiger partial charge in [0.25, 0.3) is 0 Å². The summed E-state index contributed by atoms with van der Waals surface area (Å²) in [6.07, 6.45) is 3.53. The fraction of sp³-hybridized carbons (Fsp3) is 0.438. The maximum atomic E-state index is 13.7. The van der Waals surface area contributed by atoms with E-state index >= 15 is 0 Å². The van der Waals surface area contributed by atoms with Gasteiger partial charge in [-0.05, 0) is 35.6 Å². The quantitative estimate of drug-likeness (QED) is 0.889. The van der Waals surface area contributed by atoms with E-state index in [-0.39, 0.29) is 6.04 Å². The van der Waals surface area contributed by atoms with Gasteiger partial charge in [-0.15, -0.1) is 11.3 Å². The van der Waals surface area contributed by atoms with Crippen LogP contribution in [0, 0.1) is 0 Å². The molecule has 0 amide bonds. The molecule has 0 aromatic carbocycles. The van der Waals surface area contributed by atoms with Crippen LogP contribution in [0.25, 0.3) is 0 Å². The summed E-state index contributed by atoms with van der Waals surface area (Å²) >= 11 is 1.74. The maximum Gasteiger partial charge on any atom is 0.114 e. The predicted octanol–water partition coefficient (Wildman–Crippen LogP) is 2.85. The fourth-order valence-corrected chi connectivity index (χ4v) is 3.54. The number of pyridine rings is 1. The van der Waals surface area contributed by atoms with Crippen LogP contribution >= 0.6 is 11.3 Å². The molecule has 0 saturated carbocycles. The lowest BCUT2D eigenvalue weighted by molar-refractivity contribution is 0.232. The number of rotatable bonds is 6. The number of alkyl halides is 1. The second-order valence-corrected chi connectivity index (χ2v) is 6.51. The van der Waals surface area contributed by atoms with Crippen molar-refractivity contribution < 1.29 is 4.39 Å². The van der Waals surface area contributed by atoms with Gasteiger partial charge in [-0.3, -0.25) is 9.88 Å². The third-order valence-corrected chi connectivity index (χ3v) is 4.74. The van der Waals surface area contributed by atoms with Gasteiger partial charge in [0.1, 0.15) is 6.17 Å². The first-order valence-corrected chi connectivity index (χ1v) is 8.19. The van der Waals surface area contributed by atoms with E-state index in [0.29, 0.717) is 13.0 Å². The third-order valence-electron chi connectivity index (χ3n) is 3.87. The van der Waals surface area contributed by atoms with E-state index in [9.17, 15) is 4.39 Å². The molecular formula is C16H20FN3S. The summed E-state index contributed by atoms with van der Waals surface area (Å²) in [5, 5.41) is 5.52. The highest BCUT2D eigenvalue weighted by atomic mass is 32.1. The molecule has 0 bridgehead atoms. The SMILES string of the molecule is F[C@H]1C[C@@H](CNCc2ccncc2)N(Cc2cccs2)C1. The molecule has 21 heavy (non-hydrogen) atoms. The third kappa shape index (κ3) is 4.09.